The zero-order valence-corrected chi connectivity index (χ0v) is 20.4. The van der Waals surface area contributed by atoms with Crippen LogP contribution in [0.1, 0.15) is 10.4 Å². The Labute approximate surface area is 210 Å². The number of nitrogens with zero attached hydrogens (tertiary/aromatic N) is 4. The van der Waals surface area contributed by atoms with Crippen LogP contribution < -0.4 is 15.5 Å². The first-order chi connectivity index (χ1) is 17.5. The molecule has 0 amide bonds. The van der Waals surface area contributed by atoms with Crippen molar-refractivity contribution in [1.82, 2.24) is 10.3 Å². The minimum Gasteiger partial charge on any atom is -0.857 e. The molecule has 0 unspecified atom stereocenters. The number of anilines is 1. The minimum absolute atomic E-state index is 0.113. The van der Waals surface area contributed by atoms with E-state index < -0.39 is 5.90 Å². The van der Waals surface area contributed by atoms with Crippen LogP contribution in [0.25, 0.3) is 43.4 Å². The zero-order valence-electron chi connectivity index (χ0n) is 19.6. The van der Waals surface area contributed by atoms with Gasteiger partial charge < -0.3 is 10.8 Å². The van der Waals surface area contributed by atoms with Gasteiger partial charge in [-0.1, -0.05) is 77.0 Å². The van der Waals surface area contributed by atoms with Gasteiger partial charge in [-0.15, -0.1) is 11.3 Å². The van der Waals surface area contributed by atoms with Gasteiger partial charge in [0.15, 0.2) is 12.3 Å². The van der Waals surface area contributed by atoms with E-state index >= 15 is 0 Å². The number of pyridine rings is 1. The summed E-state index contributed by atoms with van der Waals surface area (Å²) in [6.45, 7) is 2.05. The van der Waals surface area contributed by atoms with Gasteiger partial charge in [0.2, 0.25) is 0 Å². The highest BCUT2D eigenvalue weighted by atomic mass is 32.1. The largest absolute Gasteiger partial charge is 0.857 e. The predicted octanol–water partition coefficient (Wildman–Crippen LogP) is 4.93. The number of rotatable bonds is 4. The second kappa shape index (κ2) is 8.58. The lowest BCUT2D eigenvalue weighted by atomic mass is 9.96. The molecule has 3 aromatic carbocycles. The number of benzene rings is 3. The molecule has 36 heavy (non-hydrogen) atoms. The minimum atomic E-state index is -0.492. The third kappa shape index (κ3) is 3.77. The third-order valence-electron chi connectivity index (χ3n) is 6.09. The Morgan fingerprint density at radius 3 is 2.58 bits per heavy atom. The van der Waals surface area contributed by atoms with E-state index in [1.807, 2.05) is 25.1 Å². The lowest BCUT2D eigenvalue weighted by Crippen LogP contribution is -2.27. The molecule has 3 heterocycles. The number of aryl methyl sites for hydroxylation is 2. The van der Waals surface area contributed by atoms with Crippen molar-refractivity contribution in [3.63, 3.8) is 0 Å². The molecule has 7 nitrogen and oxygen atoms in total. The Morgan fingerprint density at radius 1 is 1.03 bits per heavy atom. The van der Waals surface area contributed by atoms with Gasteiger partial charge in [0.25, 0.3) is 6.20 Å². The SMILES string of the molecule is Cc1ccc(-c2cc(-c3cccc4ccccc34)nc3sc(/C([O-])=N/c4c[n+](C)no4)c(N)c23)cc1. The van der Waals surface area contributed by atoms with Crippen molar-refractivity contribution in [2.75, 3.05) is 5.73 Å². The van der Waals surface area contributed by atoms with Crippen LogP contribution in [-0.2, 0) is 7.05 Å². The van der Waals surface area contributed by atoms with Crippen molar-refractivity contribution >= 4 is 49.8 Å². The maximum absolute atomic E-state index is 13.1. The second-order valence-electron chi connectivity index (χ2n) is 8.60. The molecule has 0 spiro atoms. The Bertz CT molecular complexity index is 1780. The molecule has 0 atom stereocenters. The third-order valence-corrected chi connectivity index (χ3v) is 7.18. The summed E-state index contributed by atoms with van der Waals surface area (Å²) < 4.78 is 6.50. The number of nitrogens with two attached hydrogens (primary N) is 1. The standard InChI is InChI=1S/C28H21N5O2S/c1-16-10-12-18(13-11-16)21-14-22(20-9-5-7-17-6-3-4-8-19(17)20)30-28-24(21)25(29)26(36-28)27(34)31-23-15-33(2)32-35-23/h3-15H,1-2H3,(H2-,29,31,32,34). The first-order valence-corrected chi connectivity index (χ1v) is 12.2. The van der Waals surface area contributed by atoms with E-state index in [9.17, 15) is 5.11 Å². The fourth-order valence-electron chi connectivity index (χ4n) is 4.34. The molecule has 6 aromatic rings. The summed E-state index contributed by atoms with van der Waals surface area (Å²) in [5.41, 5.74) is 11.9. The molecule has 8 heteroatoms. The van der Waals surface area contributed by atoms with E-state index in [1.54, 1.807) is 7.05 Å². The van der Waals surface area contributed by atoms with Crippen molar-refractivity contribution in [1.29, 1.82) is 0 Å². The molecule has 176 valence electrons. The predicted molar refractivity (Wildman–Crippen MR) is 141 cm³/mol. The molecule has 0 fully saturated rings. The van der Waals surface area contributed by atoms with Crippen LogP contribution >= 0.6 is 11.3 Å². The van der Waals surface area contributed by atoms with Crippen LogP contribution in [0.4, 0.5) is 11.6 Å². The molecule has 0 aliphatic rings. The molecule has 6 rings (SSSR count). The summed E-state index contributed by atoms with van der Waals surface area (Å²) in [5.74, 6) is -0.378. The summed E-state index contributed by atoms with van der Waals surface area (Å²) >= 11 is 1.24. The maximum Gasteiger partial charge on any atom is 0.320 e. The van der Waals surface area contributed by atoms with Crippen LogP contribution in [-0.4, -0.2) is 16.2 Å². The summed E-state index contributed by atoms with van der Waals surface area (Å²) in [6.07, 6.45) is 1.52. The van der Waals surface area contributed by atoms with E-state index in [4.69, 9.17) is 15.2 Å². The highest BCUT2D eigenvalue weighted by Crippen LogP contribution is 2.42. The van der Waals surface area contributed by atoms with Gasteiger partial charge >= 0.3 is 5.88 Å². The van der Waals surface area contributed by atoms with Gasteiger partial charge in [0.1, 0.15) is 4.83 Å². The average Bonchev–Trinajstić information content (AvgIpc) is 3.45. The van der Waals surface area contributed by atoms with Crippen molar-refractivity contribution in [3.8, 4) is 22.4 Å². The molecule has 2 N–H and O–H groups in total. The van der Waals surface area contributed by atoms with Crippen molar-refractivity contribution in [3.05, 3.63) is 89.4 Å². The lowest BCUT2D eigenvalue weighted by Gasteiger charge is -2.11. The lowest BCUT2D eigenvalue weighted by molar-refractivity contribution is -0.739. The Morgan fingerprint density at radius 2 is 1.81 bits per heavy atom. The molecule has 0 saturated heterocycles. The van der Waals surface area contributed by atoms with Gasteiger partial charge in [0.05, 0.1) is 16.3 Å². The highest BCUT2D eigenvalue weighted by molar-refractivity contribution is 7.21. The Kier molecular flexibility index (Phi) is 5.23. The van der Waals surface area contributed by atoms with E-state index in [2.05, 4.69) is 64.9 Å². The van der Waals surface area contributed by atoms with Gasteiger partial charge in [-0.3, -0.25) is 4.52 Å². The number of thiophene rings is 1. The Hall–Kier alpha value is -4.56. The maximum atomic E-state index is 13.1. The second-order valence-corrected chi connectivity index (χ2v) is 9.60. The van der Waals surface area contributed by atoms with Gasteiger partial charge in [-0.05, 0) is 34.9 Å². The molecule has 3 aromatic heterocycles. The van der Waals surface area contributed by atoms with Crippen molar-refractivity contribution < 1.29 is 14.3 Å². The van der Waals surface area contributed by atoms with E-state index in [1.165, 1.54) is 22.2 Å². The summed E-state index contributed by atoms with van der Waals surface area (Å²) in [5, 5.41) is 19.8. The van der Waals surface area contributed by atoms with Crippen LogP contribution in [0.5, 0.6) is 0 Å². The summed E-state index contributed by atoms with van der Waals surface area (Å²) in [6, 6.07) is 24.7. The summed E-state index contributed by atoms with van der Waals surface area (Å²) in [7, 11) is 1.69. The fourth-order valence-corrected chi connectivity index (χ4v) is 5.35. The van der Waals surface area contributed by atoms with Gasteiger partial charge in [-0.25, -0.2) is 9.98 Å². The molecule has 0 aliphatic carbocycles. The normalized spacial score (nSPS) is 12.0. The average molecular weight is 492 g/mol. The zero-order chi connectivity index (χ0) is 24.8. The number of nitrogen functional groups attached to an aromatic ring is 1. The van der Waals surface area contributed by atoms with Crippen LogP contribution in [0.15, 0.2) is 88.5 Å². The first kappa shape index (κ1) is 21.9. The molecule has 0 bridgehead atoms. The van der Waals surface area contributed by atoms with Crippen molar-refractivity contribution in [2.24, 2.45) is 12.0 Å². The van der Waals surface area contributed by atoms with Crippen LogP contribution in [0, 0.1) is 6.92 Å². The van der Waals surface area contributed by atoms with Crippen LogP contribution in [0.3, 0.4) is 0 Å². The summed E-state index contributed by atoms with van der Waals surface area (Å²) in [4.78, 5) is 10.0. The van der Waals surface area contributed by atoms with Crippen LogP contribution in [0.2, 0.25) is 0 Å². The quantitative estimate of drug-likeness (QED) is 0.214. The Balaban J connectivity index is 1.61. The highest BCUT2D eigenvalue weighted by Gasteiger charge is 2.19. The van der Waals surface area contributed by atoms with Gasteiger partial charge in [-0.2, -0.15) is 0 Å². The number of fused-ring (bicyclic) bond motifs is 2. The van der Waals surface area contributed by atoms with E-state index in [0.717, 1.165) is 44.1 Å². The monoisotopic (exact) mass is 491 g/mol. The fraction of sp³-hybridized carbons (Fsp3) is 0.0714. The molecule has 0 saturated carbocycles. The smallest absolute Gasteiger partial charge is 0.320 e. The number of aliphatic imine (C=N–C) groups is 1. The van der Waals surface area contributed by atoms with E-state index in [0.29, 0.717) is 15.4 Å². The number of aromatic nitrogens is 3. The number of hydrogen-bond acceptors (Lipinski definition) is 7. The molecule has 0 aliphatic heterocycles. The molecule has 0 radical (unpaired) electrons. The molecular formula is C28H21N5O2S. The van der Waals surface area contributed by atoms with Crippen molar-refractivity contribution in [2.45, 2.75) is 6.92 Å². The van der Waals surface area contributed by atoms with E-state index in [-0.39, 0.29) is 5.88 Å². The molecular weight excluding hydrogens is 470 g/mol. The van der Waals surface area contributed by atoms with Gasteiger partial charge in [0, 0.05) is 16.8 Å². The first-order valence-electron chi connectivity index (χ1n) is 11.3. The topological polar surface area (TPSA) is 104 Å². The number of hydrogen-bond donors (Lipinski definition) is 1.